The van der Waals surface area contributed by atoms with Gasteiger partial charge in [-0.2, -0.15) is 13.2 Å². The van der Waals surface area contributed by atoms with Crippen LogP contribution in [-0.2, 0) is 22.3 Å². The molecule has 3 aromatic rings. The Kier molecular flexibility index (Phi) is 6.98. The van der Waals surface area contributed by atoms with Crippen LogP contribution in [0.15, 0.2) is 71.7 Å². The van der Waals surface area contributed by atoms with Crippen molar-refractivity contribution in [1.29, 1.82) is 0 Å². The first-order chi connectivity index (χ1) is 18.2. The first-order valence-electron chi connectivity index (χ1n) is 11.3. The van der Waals surface area contributed by atoms with Crippen LogP contribution in [0.1, 0.15) is 17.5 Å². The number of nitrogens with zero attached hydrogens (tertiary/aromatic N) is 2. The summed E-state index contributed by atoms with van der Waals surface area (Å²) < 4.78 is 63.7. The lowest BCUT2D eigenvalue weighted by Gasteiger charge is -2.32. The topological polar surface area (TPSA) is 80.2 Å². The number of ether oxygens (including phenoxy) is 2. The fourth-order valence-corrected chi connectivity index (χ4v) is 4.93. The summed E-state index contributed by atoms with van der Waals surface area (Å²) in [5, 5.41) is 1.79. The van der Waals surface area contributed by atoms with E-state index in [1.165, 1.54) is 41.3 Å². The maximum Gasteiger partial charge on any atom is 0.416 e. The Morgan fingerprint density at radius 3 is 2.58 bits per heavy atom. The SMILES string of the molecule is O=C(Nc1ccc(F)cc1)C1CC(=O)N(Cc2ccc3c(c2)OCO3)C(=Nc2cccc(C(F)(F)F)c2)S1. The molecule has 1 fully saturated rings. The Balaban J connectivity index is 1.44. The average molecular weight is 546 g/mol. The Morgan fingerprint density at radius 1 is 1.05 bits per heavy atom. The van der Waals surface area contributed by atoms with E-state index in [0.29, 0.717) is 22.7 Å². The highest BCUT2D eigenvalue weighted by Gasteiger charge is 2.36. The van der Waals surface area contributed by atoms with Crippen molar-refractivity contribution in [2.24, 2.45) is 4.99 Å². The van der Waals surface area contributed by atoms with Gasteiger partial charge in [-0.3, -0.25) is 14.5 Å². The van der Waals surface area contributed by atoms with Crippen LogP contribution in [-0.4, -0.2) is 33.9 Å². The van der Waals surface area contributed by atoms with Crippen LogP contribution in [0.4, 0.5) is 28.9 Å². The van der Waals surface area contributed by atoms with Gasteiger partial charge in [-0.15, -0.1) is 0 Å². The molecule has 12 heteroatoms. The van der Waals surface area contributed by atoms with Crippen LogP contribution >= 0.6 is 11.8 Å². The number of hydrogen-bond donors (Lipinski definition) is 1. The highest BCUT2D eigenvalue weighted by atomic mass is 32.2. The summed E-state index contributed by atoms with van der Waals surface area (Å²) >= 11 is 0.959. The van der Waals surface area contributed by atoms with Crippen LogP contribution in [0.3, 0.4) is 0 Å². The standard InChI is InChI=1S/C26H19F4N3O4S/c27-17-5-7-18(8-6-17)31-24(35)22-12-23(34)33(13-15-4-9-20-21(10-15)37-14-36-20)25(38-22)32-19-3-1-2-16(11-19)26(28,29)30/h1-11,22H,12-14H2,(H,31,35). The molecule has 1 unspecified atom stereocenters. The first kappa shape index (κ1) is 25.6. The number of amidine groups is 1. The minimum Gasteiger partial charge on any atom is -0.454 e. The van der Waals surface area contributed by atoms with E-state index in [1.54, 1.807) is 18.2 Å². The van der Waals surface area contributed by atoms with E-state index >= 15 is 0 Å². The number of thioether (sulfide) groups is 1. The summed E-state index contributed by atoms with van der Waals surface area (Å²) in [6.45, 7) is 0.122. The number of aliphatic imine (C=N–C) groups is 1. The highest BCUT2D eigenvalue weighted by molar-refractivity contribution is 8.15. The number of carbonyl (C=O) groups is 2. The molecule has 2 heterocycles. The number of halogens is 4. The summed E-state index contributed by atoms with van der Waals surface area (Å²) in [7, 11) is 0. The second kappa shape index (κ2) is 10.4. The van der Waals surface area contributed by atoms with Crippen molar-refractivity contribution in [3.05, 3.63) is 83.7 Å². The molecule has 1 saturated heterocycles. The van der Waals surface area contributed by atoms with Crippen molar-refractivity contribution in [3.63, 3.8) is 0 Å². The van der Waals surface area contributed by atoms with E-state index in [2.05, 4.69) is 10.3 Å². The maximum atomic E-state index is 13.3. The molecule has 2 aliphatic rings. The largest absolute Gasteiger partial charge is 0.454 e. The number of rotatable bonds is 5. The predicted octanol–water partition coefficient (Wildman–Crippen LogP) is 5.73. The number of fused-ring (bicyclic) bond motifs is 1. The van der Waals surface area contributed by atoms with Crippen molar-refractivity contribution in [2.45, 2.75) is 24.4 Å². The smallest absolute Gasteiger partial charge is 0.416 e. The van der Waals surface area contributed by atoms with Gasteiger partial charge >= 0.3 is 6.18 Å². The van der Waals surface area contributed by atoms with Crippen LogP contribution < -0.4 is 14.8 Å². The molecule has 0 radical (unpaired) electrons. The van der Waals surface area contributed by atoms with E-state index < -0.39 is 34.6 Å². The summed E-state index contributed by atoms with van der Waals surface area (Å²) in [6, 6.07) is 14.7. The molecule has 0 bridgehead atoms. The molecule has 38 heavy (non-hydrogen) atoms. The maximum absolute atomic E-state index is 13.3. The third kappa shape index (κ3) is 5.75. The van der Waals surface area contributed by atoms with Gasteiger partial charge in [0, 0.05) is 12.1 Å². The number of amides is 2. The molecular formula is C26H19F4N3O4S. The minimum atomic E-state index is -4.57. The lowest BCUT2D eigenvalue weighted by atomic mass is 10.1. The van der Waals surface area contributed by atoms with Crippen LogP contribution in [0.2, 0.25) is 0 Å². The molecule has 2 amide bonds. The molecule has 5 rings (SSSR count). The Hall–Kier alpha value is -4.06. The molecule has 0 aromatic heterocycles. The predicted molar refractivity (Wildman–Crippen MR) is 133 cm³/mol. The molecule has 1 atom stereocenters. The van der Waals surface area contributed by atoms with Crippen molar-refractivity contribution >= 4 is 40.1 Å². The van der Waals surface area contributed by atoms with E-state index in [9.17, 15) is 27.2 Å². The molecule has 2 aliphatic heterocycles. The highest BCUT2D eigenvalue weighted by Crippen LogP contribution is 2.36. The number of hydrogen-bond acceptors (Lipinski definition) is 6. The fraction of sp³-hybridized carbons (Fsp3) is 0.192. The summed E-state index contributed by atoms with van der Waals surface area (Å²) in [6.07, 6.45) is -4.75. The van der Waals surface area contributed by atoms with Gasteiger partial charge in [0.25, 0.3) is 0 Å². The number of benzene rings is 3. The average Bonchev–Trinajstić information content (AvgIpc) is 3.35. The van der Waals surface area contributed by atoms with Gasteiger partial charge in [0.05, 0.1) is 17.8 Å². The van der Waals surface area contributed by atoms with Gasteiger partial charge < -0.3 is 14.8 Å². The monoisotopic (exact) mass is 545 g/mol. The molecular weight excluding hydrogens is 526 g/mol. The number of alkyl halides is 3. The van der Waals surface area contributed by atoms with Crippen molar-refractivity contribution < 1.29 is 36.6 Å². The molecule has 0 saturated carbocycles. The van der Waals surface area contributed by atoms with Crippen molar-refractivity contribution in [3.8, 4) is 11.5 Å². The zero-order valence-corrected chi connectivity index (χ0v) is 20.3. The van der Waals surface area contributed by atoms with Crippen molar-refractivity contribution in [2.75, 3.05) is 12.1 Å². The fourth-order valence-electron chi connectivity index (χ4n) is 3.84. The lowest BCUT2D eigenvalue weighted by molar-refractivity contribution is -0.137. The van der Waals surface area contributed by atoms with Crippen LogP contribution in [0.25, 0.3) is 0 Å². The van der Waals surface area contributed by atoms with Gasteiger partial charge in [0.1, 0.15) is 11.1 Å². The lowest BCUT2D eigenvalue weighted by Crippen LogP contribution is -2.44. The quantitative estimate of drug-likeness (QED) is 0.414. The first-order valence-corrected chi connectivity index (χ1v) is 12.2. The van der Waals surface area contributed by atoms with Crippen LogP contribution in [0, 0.1) is 5.82 Å². The van der Waals surface area contributed by atoms with Gasteiger partial charge in [0.2, 0.25) is 18.6 Å². The van der Waals surface area contributed by atoms with Gasteiger partial charge in [-0.05, 0) is 60.2 Å². The van der Waals surface area contributed by atoms with E-state index in [4.69, 9.17) is 9.47 Å². The van der Waals surface area contributed by atoms with Crippen LogP contribution in [0.5, 0.6) is 11.5 Å². The number of anilines is 1. The van der Waals surface area contributed by atoms with Gasteiger partial charge in [-0.25, -0.2) is 9.38 Å². The summed E-state index contributed by atoms with van der Waals surface area (Å²) in [5.74, 6) is -0.364. The Morgan fingerprint density at radius 2 is 1.82 bits per heavy atom. The summed E-state index contributed by atoms with van der Waals surface area (Å²) in [4.78, 5) is 31.8. The summed E-state index contributed by atoms with van der Waals surface area (Å²) in [5.41, 5.74) is 0.0996. The Labute approximate surface area is 218 Å². The normalized spacial score (nSPS) is 18.1. The van der Waals surface area contributed by atoms with E-state index in [1.807, 2.05) is 0 Å². The third-order valence-corrected chi connectivity index (χ3v) is 6.91. The molecule has 1 N–H and O–H groups in total. The third-order valence-electron chi connectivity index (χ3n) is 5.72. The van der Waals surface area contributed by atoms with E-state index in [-0.39, 0.29) is 30.6 Å². The molecule has 7 nitrogen and oxygen atoms in total. The zero-order chi connectivity index (χ0) is 26.9. The Bertz CT molecular complexity index is 1410. The molecule has 0 spiro atoms. The van der Waals surface area contributed by atoms with Gasteiger partial charge in [0.15, 0.2) is 16.7 Å². The van der Waals surface area contributed by atoms with E-state index in [0.717, 1.165) is 23.9 Å². The minimum absolute atomic E-state index is 0.0228. The van der Waals surface area contributed by atoms with Crippen molar-refractivity contribution in [1.82, 2.24) is 4.90 Å². The second-order valence-electron chi connectivity index (χ2n) is 8.42. The zero-order valence-electron chi connectivity index (χ0n) is 19.5. The number of carbonyl (C=O) groups excluding carboxylic acids is 2. The molecule has 3 aromatic carbocycles. The van der Waals surface area contributed by atoms with Gasteiger partial charge in [-0.1, -0.05) is 23.9 Å². The molecule has 196 valence electrons. The second-order valence-corrected chi connectivity index (χ2v) is 9.59. The number of nitrogens with one attached hydrogen (secondary N) is 1. The molecule has 0 aliphatic carbocycles.